The number of hydrogen-bond acceptors (Lipinski definition) is 3. The van der Waals surface area contributed by atoms with E-state index in [1.54, 1.807) is 14.0 Å². The maximum atomic E-state index is 12.4. The molecule has 1 aliphatic rings. The monoisotopic (exact) mass is 279 g/mol. The Bertz CT molecular complexity index is 724. The van der Waals surface area contributed by atoms with Crippen LogP contribution in [-0.2, 0) is 10.3 Å². The first-order valence-corrected chi connectivity index (χ1v) is 6.82. The van der Waals surface area contributed by atoms with Gasteiger partial charge in [-0.05, 0) is 29.7 Å². The summed E-state index contributed by atoms with van der Waals surface area (Å²) in [7, 11) is 1.65. The van der Waals surface area contributed by atoms with E-state index in [1.165, 1.54) is 4.90 Å². The number of carbonyl (C=O) groups is 1. The highest BCUT2D eigenvalue weighted by Crippen LogP contribution is 2.34. The fourth-order valence-corrected chi connectivity index (χ4v) is 2.60. The minimum Gasteiger partial charge on any atom is -0.369 e. The molecule has 2 aromatic rings. The van der Waals surface area contributed by atoms with Gasteiger partial charge in [0.25, 0.3) is 5.91 Å². The molecule has 0 bridgehead atoms. The SMILES string of the molecule is CN1C(=O)C(C)(c2cccc(-c3ccccc3)c2)N=C1N. The van der Waals surface area contributed by atoms with Crippen molar-refractivity contribution in [1.82, 2.24) is 4.90 Å². The van der Waals surface area contributed by atoms with Gasteiger partial charge in [-0.15, -0.1) is 0 Å². The normalized spacial score (nSPS) is 21.5. The van der Waals surface area contributed by atoms with Crippen molar-refractivity contribution >= 4 is 11.9 Å². The van der Waals surface area contributed by atoms with Crippen LogP contribution in [0.25, 0.3) is 11.1 Å². The van der Waals surface area contributed by atoms with Gasteiger partial charge in [-0.1, -0.05) is 48.5 Å². The molecule has 1 atom stereocenters. The highest BCUT2D eigenvalue weighted by atomic mass is 16.2. The van der Waals surface area contributed by atoms with Crippen LogP contribution in [0.3, 0.4) is 0 Å². The molecule has 0 aliphatic carbocycles. The Balaban J connectivity index is 2.07. The largest absolute Gasteiger partial charge is 0.369 e. The lowest BCUT2D eigenvalue weighted by Gasteiger charge is -2.21. The summed E-state index contributed by atoms with van der Waals surface area (Å²) >= 11 is 0. The highest BCUT2D eigenvalue weighted by Gasteiger charge is 2.43. The van der Waals surface area contributed by atoms with Gasteiger partial charge < -0.3 is 5.73 Å². The molecule has 0 spiro atoms. The fraction of sp³-hybridized carbons (Fsp3) is 0.176. The van der Waals surface area contributed by atoms with Crippen molar-refractivity contribution in [2.45, 2.75) is 12.5 Å². The Hall–Kier alpha value is -2.62. The second-order valence-corrected chi connectivity index (χ2v) is 5.35. The third kappa shape index (κ3) is 2.09. The average Bonchev–Trinajstić information content (AvgIpc) is 2.73. The third-order valence-corrected chi connectivity index (χ3v) is 3.93. The van der Waals surface area contributed by atoms with Crippen molar-refractivity contribution < 1.29 is 4.79 Å². The molecule has 1 aliphatic heterocycles. The number of guanidine groups is 1. The van der Waals surface area contributed by atoms with E-state index in [0.29, 0.717) is 0 Å². The Morgan fingerprint density at radius 3 is 2.33 bits per heavy atom. The van der Waals surface area contributed by atoms with Gasteiger partial charge in [-0.3, -0.25) is 9.69 Å². The molecule has 1 unspecified atom stereocenters. The average molecular weight is 279 g/mol. The van der Waals surface area contributed by atoms with Gasteiger partial charge in [0.15, 0.2) is 11.5 Å². The fourth-order valence-electron chi connectivity index (χ4n) is 2.60. The number of nitrogens with zero attached hydrogens (tertiary/aromatic N) is 2. The zero-order valence-electron chi connectivity index (χ0n) is 12.1. The molecule has 21 heavy (non-hydrogen) atoms. The van der Waals surface area contributed by atoms with E-state index in [2.05, 4.69) is 4.99 Å². The molecule has 2 aromatic carbocycles. The lowest BCUT2D eigenvalue weighted by atomic mass is 9.90. The first-order valence-electron chi connectivity index (χ1n) is 6.82. The zero-order valence-corrected chi connectivity index (χ0v) is 12.1. The number of rotatable bonds is 2. The summed E-state index contributed by atoms with van der Waals surface area (Å²) in [4.78, 5) is 18.2. The van der Waals surface area contributed by atoms with Crippen LogP contribution in [0.15, 0.2) is 59.6 Å². The number of likely N-dealkylation sites (N-methyl/N-ethyl adjacent to an activating group) is 1. The van der Waals surface area contributed by atoms with Gasteiger partial charge >= 0.3 is 0 Å². The molecule has 4 nitrogen and oxygen atoms in total. The van der Waals surface area contributed by atoms with E-state index in [-0.39, 0.29) is 11.9 Å². The van der Waals surface area contributed by atoms with Crippen LogP contribution in [-0.4, -0.2) is 23.8 Å². The maximum Gasteiger partial charge on any atom is 0.261 e. The third-order valence-electron chi connectivity index (χ3n) is 3.93. The number of aliphatic imine (C=N–C) groups is 1. The summed E-state index contributed by atoms with van der Waals surface area (Å²) in [5, 5.41) is 0. The minimum absolute atomic E-state index is 0.106. The van der Waals surface area contributed by atoms with Crippen molar-refractivity contribution in [2.75, 3.05) is 7.05 Å². The van der Waals surface area contributed by atoms with Crippen LogP contribution in [0.5, 0.6) is 0 Å². The summed E-state index contributed by atoms with van der Waals surface area (Å²) in [6.45, 7) is 1.80. The van der Waals surface area contributed by atoms with Gasteiger partial charge in [0.2, 0.25) is 0 Å². The lowest BCUT2D eigenvalue weighted by molar-refractivity contribution is -0.130. The second-order valence-electron chi connectivity index (χ2n) is 5.35. The number of hydrogen-bond donors (Lipinski definition) is 1. The minimum atomic E-state index is -0.941. The summed E-state index contributed by atoms with van der Waals surface area (Å²) in [6, 6.07) is 17.9. The molecule has 0 aromatic heterocycles. The number of nitrogens with two attached hydrogens (primary N) is 1. The van der Waals surface area contributed by atoms with E-state index < -0.39 is 5.54 Å². The Labute approximate surface area is 123 Å². The van der Waals surface area contributed by atoms with Gasteiger partial charge in [0, 0.05) is 7.05 Å². The molecular formula is C17H17N3O. The van der Waals surface area contributed by atoms with Gasteiger partial charge in [0.05, 0.1) is 0 Å². The van der Waals surface area contributed by atoms with Crippen LogP contribution in [0, 0.1) is 0 Å². The first-order chi connectivity index (χ1) is 10.0. The Kier molecular flexibility index (Phi) is 3.01. The van der Waals surface area contributed by atoms with Crippen molar-refractivity contribution in [3.05, 3.63) is 60.2 Å². The van der Waals surface area contributed by atoms with E-state index in [0.717, 1.165) is 16.7 Å². The van der Waals surface area contributed by atoms with Crippen LogP contribution >= 0.6 is 0 Å². The van der Waals surface area contributed by atoms with Crippen molar-refractivity contribution in [1.29, 1.82) is 0 Å². The maximum absolute atomic E-state index is 12.4. The summed E-state index contributed by atoms with van der Waals surface area (Å²) in [6.07, 6.45) is 0. The van der Waals surface area contributed by atoms with Crippen LogP contribution in [0.2, 0.25) is 0 Å². The van der Waals surface area contributed by atoms with Crippen molar-refractivity contribution in [3.63, 3.8) is 0 Å². The lowest BCUT2D eigenvalue weighted by Crippen LogP contribution is -2.38. The van der Waals surface area contributed by atoms with Crippen LogP contribution in [0.4, 0.5) is 0 Å². The van der Waals surface area contributed by atoms with E-state index >= 15 is 0 Å². The number of amides is 1. The second kappa shape index (κ2) is 4.74. The van der Waals surface area contributed by atoms with Crippen molar-refractivity contribution in [2.24, 2.45) is 10.7 Å². The summed E-state index contributed by atoms with van der Waals surface area (Å²) < 4.78 is 0. The Morgan fingerprint density at radius 2 is 1.71 bits per heavy atom. The van der Waals surface area contributed by atoms with Gasteiger partial charge in [-0.2, -0.15) is 0 Å². The van der Waals surface area contributed by atoms with Crippen LogP contribution in [0.1, 0.15) is 12.5 Å². The predicted molar refractivity (Wildman–Crippen MR) is 83.6 cm³/mol. The summed E-state index contributed by atoms with van der Waals surface area (Å²) in [5.74, 6) is 0.151. The molecular weight excluding hydrogens is 262 g/mol. The van der Waals surface area contributed by atoms with Crippen molar-refractivity contribution in [3.8, 4) is 11.1 Å². The quantitative estimate of drug-likeness (QED) is 0.917. The topological polar surface area (TPSA) is 58.7 Å². The summed E-state index contributed by atoms with van der Waals surface area (Å²) in [5.41, 5.74) is 7.86. The number of carbonyl (C=O) groups excluding carboxylic acids is 1. The molecule has 0 fully saturated rings. The molecule has 1 heterocycles. The predicted octanol–water partition coefficient (Wildman–Crippen LogP) is 2.36. The zero-order chi connectivity index (χ0) is 15.0. The molecule has 3 rings (SSSR count). The van der Waals surface area contributed by atoms with Gasteiger partial charge in [0.1, 0.15) is 0 Å². The molecule has 1 amide bonds. The van der Waals surface area contributed by atoms with E-state index in [1.807, 2.05) is 54.6 Å². The molecule has 2 N–H and O–H groups in total. The number of benzene rings is 2. The smallest absolute Gasteiger partial charge is 0.261 e. The molecule has 0 radical (unpaired) electrons. The van der Waals surface area contributed by atoms with E-state index in [4.69, 9.17) is 5.73 Å². The molecule has 4 heteroatoms. The first kappa shape index (κ1) is 13.4. The Morgan fingerprint density at radius 1 is 1.05 bits per heavy atom. The molecule has 106 valence electrons. The molecule has 0 saturated carbocycles. The van der Waals surface area contributed by atoms with Crippen LogP contribution < -0.4 is 5.73 Å². The van der Waals surface area contributed by atoms with E-state index in [9.17, 15) is 4.79 Å². The standard InChI is InChI=1S/C17H17N3O/c1-17(15(21)20(2)16(18)19-17)14-10-6-9-13(11-14)12-7-4-3-5-8-12/h3-11H,1-2H3,(H2,18,19). The molecule has 0 saturated heterocycles. The highest BCUT2D eigenvalue weighted by molar-refractivity contribution is 6.06. The van der Waals surface area contributed by atoms with Gasteiger partial charge in [-0.25, -0.2) is 4.99 Å².